The Morgan fingerprint density at radius 1 is 1.15 bits per heavy atom. The minimum atomic E-state index is 0.356. The Balaban J connectivity index is 1.80. The second-order valence-corrected chi connectivity index (χ2v) is 8.20. The molecule has 140 valence electrons. The monoisotopic (exact) mass is 417 g/mol. The van der Waals surface area contributed by atoms with Crippen LogP contribution in [-0.2, 0) is 0 Å². The third-order valence-corrected chi connectivity index (χ3v) is 5.77. The highest BCUT2D eigenvalue weighted by Gasteiger charge is 2.31. The predicted octanol–water partition coefficient (Wildman–Crippen LogP) is 5.54. The summed E-state index contributed by atoms with van der Waals surface area (Å²) in [5, 5.41) is 0. The summed E-state index contributed by atoms with van der Waals surface area (Å²) in [5.74, 6) is 2.40. The molecule has 0 aliphatic carbocycles. The molecule has 0 saturated carbocycles. The van der Waals surface area contributed by atoms with E-state index in [4.69, 9.17) is 9.47 Å². The average Bonchev–Trinajstić information content (AvgIpc) is 2.61. The van der Waals surface area contributed by atoms with Crippen LogP contribution in [0.4, 0.5) is 0 Å². The van der Waals surface area contributed by atoms with Gasteiger partial charge in [0.2, 0.25) is 0 Å². The summed E-state index contributed by atoms with van der Waals surface area (Å²) >= 11 is 3.56. The first kappa shape index (κ1) is 19.2. The van der Waals surface area contributed by atoms with Crippen LogP contribution in [0.15, 0.2) is 40.9 Å². The van der Waals surface area contributed by atoms with Gasteiger partial charge in [0.05, 0.1) is 13.7 Å². The molecule has 2 unspecified atom stereocenters. The zero-order chi connectivity index (χ0) is 18.7. The summed E-state index contributed by atoms with van der Waals surface area (Å²) in [7, 11) is 3.94. The quantitative estimate of drug-likeness (QED) is 0.637. The fourth-order valence-electron chi connectivity index (χ4n) is 4.10. The highest BCUT2D eigenvalue weighted by molar-refractivity contribution is 9.10. The summed E-state index contributed by atoms with van der Waals surface area (Å²) in [5.41, 5.74) is 3.67. The minimum absolute atomic E-state index is 0.356. The van der Waals surface area contributed by atoms with Gasteiger partial charge in [0, 0.05) is 16.4 Å². The van der Waals surface area contributed by atoms with Crippen LogP contribution >= 0.6 is 15.9 Å². The van der Waals surface area contributed by atoms with Crippen molar-refractivity contribution in [3.8, 4) is 11.5 Å². The van der Waals surface area contributed by atoms with Gasteiger partial charge in [0.15, 0.2) is 0 Å². The molecular formula is C22H28BrNO2. The van der Waals surface area contributed by atoms with Crippen LogP contribution in [0.5, 0.6) is 11.5 Å². The maximum absolute atomic E-state index is 6.34. The van der Waals surface area contributed by atoms with Crippen LogP contribution in [0.3, 0.4) is 0 Å². The smallest absolute Gasteiger partial charge is 0.125 e. The maximum Gasteiger partial charge on any atom is 0.125 e. The maximum atomic E-state index is 6.34. The van der Waals surface area contributed by atoms with Gasteiger partial charge in [-0.3, -0.25) is 4.90 Å². The summed E-state index contributed by atoms with van der Waals surface area (Å²) in [4.78, 5) is 2.45. The lowest BCUT2D eigenvalue weighted by molar-refractivity contribution is 0.0819. The average molecular weight is 418 g/mol. The van der Waals surface area contributed by atoms with E-state index in [-0.39, 0.29) is 0 Å². The molecule has 1 fully saturated rings. The Morgan fingerprint density at radius 3 is 2.58 bits per heavy atom. The van der Waals surface area contributed by atoms with E-state index in [9.17, 15) is 0 Å². The lowest BCUT2D eigenvalue weighted by atomic mass is 9.85. The van der Waals surface area contributed by atoms with Crippen molar-refractivity contribution in [1.82, 2.24) is 4.90 Å². The first-order chi connectivity index (χ1) is 12.5. The van der Waals surface area contributed by atoms with Gasteiger partial charge in [0.1, 0.15) is 11.5 Å². The van der Waals surface area contributed by atoms with E-state index < -0.39 is 0 Å². The molecule has 1 aliphatic rings. The van der Waals surface area contributed by atoms with E-state index in [0.29, 0.717) is 12.0 Å². The molecule has 26 heavy (non-hydrogen) atoms. The van der Waals surface area contributed by atoms with Crippen molar-refractivity contribution < 1.29 is 9.47 Å². The van der Waals surface area contributed by atoms with Crippen molar-refractivity contribution in [2.75, 3.05) is 27.3 Å². The fraction of sp³-hybridized carbons (Fsp3) is 0.455. The number of ether oxygens (including phenoxy) is 2. The van der Waals surface area contributed by atoms with Crippen LogP contribution in [0, 0.1) is 19.8 Å². The standard InChI is InChI=1S/C22H28BrNO2/c1-15-11-19(23)12-16(2)22(15)26-14-18-8-6-10-24(3)21(18)17-7-5-9-20(13-17)25-4/h5,7,9,11-13,18,21H,6,8,10,14H2,1-4H3. The summed E-state index contributed by atoms with van der Waals surface area (Å²) in [6.07, 6.45) is 2.39. The van der Waals surface area contributed by atoms with Gasteiger partial charge in [0.25, 0.3) is 0 Å². The number of halogens is 1. The Labute approximate surface area is 165 Å². The number of hydrogen-bond acceptors (Lipinski definition) is 3. The van der Waals surface area contributed by atoms with Crippen molar-refractivity contribution >= 4 is 15.9 Å². The Kier molecular flexibility index (Phi) is 6.25. The number of aryl methyl sites for hydroxylation is 2. The van der Waals surface area contributed by atoms with Crippen molar-refractivity contribution in [2.45, 2.75) is 32.7 Å². The van der Waals surface area contributed by atoms with Gasteiger partial charge in [-0.15, -0.1) is 0 Å². The van der Waals surface area contributed by atoms with E-state index in [2.05, 4.69) is 72.1 Å². The third-order valence-electron chi connectivity index (χ3n) is 5.31. The molecule has 1 heterocycles. The van der Waals surface area contributed by atoms with Crippen LogP contribution < -0.4 is 9.47 Å². The van der Waals surface area contributed by atoms with Gasteiger partial charge >= 0.3 is 0 Å². The number of benzene rings is 2. The molecule has 2 aromatic carbocycles. The first-order valence-corrected chi connectivity index (χ1v) is 10.0. The number of hydrogen-bond donors (Lipinski definition) is 0. The largest absolute Gasteiger partial charge is 0.497 e. The van der Waals surface area contributed by atoms with Gasteiger partial charge in [-0.25, -0.2) is 0 Å². The number of methoxy groups -OCH3 is 1. The number of rotatable bonds is 5. The third kappa shape index (κ3) is 4.24. The topological polar surface area (TPSA) is 21.7 Å². The van der Waals surface area contributed by atoms with E-state index in [1.807, 2.05) is 6.07 Å². The second kappa shape index (κ2) is 8.45. The van der Waals surface area contributed by atoms with E-state index in [1.165, 1.54) is 29.5 Å². The molecular weight excluding hydrogens is 390 g/mol. The zero-order valence-corrected chi connectivity index (χ0v) is 17.7. The Morgan fingerprint density at radius 2 is 1.88 bits per heavy atom. The summed E-state index contributed by atoms with van der Waals surface area (Å²) < 4.78 is 12.9. The molecule has 1 aliphatic heterocycles. The van der Waals surface area contributed by atoms with Gasteiger partial charge in [-0.1, -0.05) is 28.1 Å². The molecule has 0 N–H and O–H groups in total. The minimum Gasteiger partial charge on any atom is -0.497 e. The van der Waals surface area contributed by atoms with Crippen LogP contribution in [0.25, 0.3) is 0 Å². The molecule has 3 nitrogen and oxygen atoms in total. The van der Waals surface area contributed by atoms with Crippen LogP contribution in [0.2, 0.25) is 0 Å². The molecule has 1 saturated heterocycles. The molecule has 2 aromatic rings. The van der Waals surface area contributed by atoms with Crippen LogP contribution in [0.1, 0.15) is 35.6 Å². The van der Waals surface area contributed by atoms with Crippen molar-refractivity contribution in [2.24, 2.45) is 5.92 Å². The van der Waals surface area contributed by atoms with Gasteiger partial charge < -0.3 is 9.47 Å². The van der Waals surface area contributed by atoms with Crippen molar-refractivity contribution in [1.29, 1.82) is 0 Å². The molecule has 4 heteroatoms. The molecule has 0 spiro atoms. The van der Waals surface area contributed by atoms with Crippen molar-refractivity contribution in [3.05, 3.63) is 57.6 Å². The second-order valence-electron chi connectivity index (χ2n) is 7.28. The lowest BCUT2D eigenvalue weighted by Gasteiger charge is -2.39. The van der Waals surface area contributed by atoms with Gasteiger partial charge in [-0.2, -0.15) is 0 Å². The molecule has 0 amide bonds. The predicted molar refractivity (Wildman–Crippen MR) is 110 cm³/mol. The van der Waals surface area contributed by atoms with Crippen LogP contribution in [-0.4, -0.2) is 32.2 Å². The number of likely N-dealkylation sites (tertiary alicyclic amines) is 1. The van der Waals surface area contributed by atoms with Crippen molar-refractivity contribution in [3.63, 3.8) is 0 Å². The highest BCUT2D eigenvalue weighted by Crippen LogP contribution is 2.37. The first-order valence-electron chi connectivity index (χ1n) is 9.23. The Bertz CT molecular complexity index is 739. The molecule has 0 bridgehead atoms. The molecule has 2 atom stereocenters. The highest BCUT2D eigenvalue weighted by atomic mass is 79.9. The number of piperidine rings is 1. The molecule has 0 radical (unpaired) electrons. The Hall–Kier alpha value is -1.52. The fourth-order valence-corrected chi connectivity index (χ4v) is 4.79. The van der Waals surface area contributed by atoms with E-state index in [1.54, 1.807) is 7.11 Å². The normalized spacial score (nSPS) is 20.8. The molecule has 3 rings (SSSR count). The van der Waals surface area contributed by atoms with E-state index >= 15 is 0 Å². The molecule has 0 aromatic heterocycles. The lowest BCUT2D eigenvalue weighted by Crippen LogP contribution is -2.38. The van der Waals surface area contributed by atoms with Gasteiger partial charge in [-0.05, 0) is 81.2 Å². The number of nitrogens with zero attached hydrogens (tertiary/aromatic N) is 1. The zero-order valence-electron chi connectivity index (χ0n) is 16.1. The summed E-state index contributed by atoms with van der Waals surface area (Å²) in [6.45, 7) is 6.07. The summed E-state index contributed by atoms with van der Waals surface area (Å²) in [6, 6.07) is 13.1. The SMILES string of the molecule is COc1cccc(C2C(COc3c(C)cc(Br)cc3C)CCCN2C)c1. The van der Waals surface area contributed by atoms with E-state index in [0.717, 1.165) is 29.1 Å².